The molecule has 0 bridgehead atoms. The molecule has 0 aliphatic carbocycles. The monoisotopic (exact) mass is 132 g/mol. The quantitative estimate of drug-likeness (QED) is 0.541. The third-order valence-electron chi connectivity index (χ3n) is 1.30. The summed E-state index contributed by atoms with van der Waals surface area (Å²) in [4.78, 5) is 0. The zero-order valence-corrected chi connectivity index (χ0v) is 5.76. The highest BCUT2D eigenvalue weighted by molar-refractivity contribution is 5.43. The van der Waals surface area contributed by atoms with Crippen molar-refractivity contribution in [2.45, 2.75) is 6.92 Å². The number of hydrogen-bond acceptors (Lipinski definition) is 2. The van der Waals surface area contributed by atoms with Crippen LogP contribution in [0.4, 0.5) is 0 Å². The molecule has 0 aromatic carbocycles. The van der Waals surface area contributed by atoms with Gasteiger partial charge in [-0.3, -0.25) is 0 Å². The van der Waals surface area contributed by atoms with E-state index in [4.69, 9.17) is 5.26 Å². The minimum atomic E-state index is 0.709. The maximum absolute atomic E-state index is 8.57. The Kier molecular flexibility index (Phi) is 1.91. The Labute approximate surface area is 60.2 Å². The van der Waals surface area contributed by atoms with Crippen LogP contribution in [0.5, 0.6) is 0 Å². The SMILES string of the molecule is CC1=CNC=CC=C1C#N. The molecule has 0 aromatic heterocycles. The zero-order chi connectivity index (χ0) is 7.40. The van der Waals surface area contributed by atoms with Crippen molar-refractivity contribution in [3.05, 3.63) is 35.7 Å². The summed E-state index contributed by atoms with van der Waals surface area (Å²) in [6.07, 6.45) is 7.18. The van der Waals surface area contributed by atoms with Crippen molar-refractivity contribution in [3.8, 4) is 6.07 Å². The normalized spacial score (nSPS) is 16.0. The maximum Gasteiger partial charge on any atom is 0.0994 e. The molecule has 0 radical (unpaired) electrons. The van der Waals surface area contributed by atoms with Crippen molar-refractivity contribution in [2.24, 2.45) is 0 Å². The van der Waals surface area contributed by atoms with Gasteiger partial charge in [-0.2, -0.15) is 5.26 Å². The van der Waals surface area contributed by atoms with E-state index in [-0.39, 0.29) is 0 Å². The van der Waals surface area contributed by atoms with E-state index < -0.39 is 0 Å². The zero-order valence-electron chi connectivity index (χ0n) is 5.76. The van der Waals surface area contributed by atoms with Gasteiger partial charge in [0, 0.05) is 12.4 Å². The highest BCUT2D eigenvalue weighted by Gasteiger charge is 1.96. The molecule has 10 heavy (non-hydrogen) atoms. The molecule has 1 aliphatic rings. The second-order valence-electron chi connectivity index (χ2n) is 2.05. The van der Waals surface area contributed by atoms with Crippen LogP contribution in [0.1, 0.15) is 6.92 Å². The van der Waals surface area contributed by atoms with Crippen molar-refractivity contribution in [1.82, 2.24) is 5.32 Å². The molecule has 1 aliphatic heterocycles. The van der Waals surface area contributed by atoms with Gasteiger partial charge in [0.15, 0.2) is 0 Å². The van der Waals surface area contributed by atoms with Gasteiger partial charge >= 0.3 is 0 Å². The topological polar surface area (TPSA) is 35.8 Å². The van der Waals surface area contributed by atoms with Gasteiger partial charge < -0.3 is 5.32 Å². The lowest BCUT2D eigenvalue weighted by molar-refractivity contribution is 1.17. The van der Waals surface area contributed by atoms with Gasteiger partial charge in [0.2, 0.25) is 0 Å². The van der Waals surface area contributed by atoms with Crippen LogP contribution in [0.15, 0.2) is 35.7 Å². The number of rotatable bonds is 0. The van der Waals surface area contributed by atoms with Crippen LogP contribution >= 0.6 is 0 Å². The van der Waals surface area contributed by atoms with Gasteiger partial charge in [0.1, 0.15) is 0 Å². The van der Waals surface area contributed by atoms with Crippen molar-refractivity contribution in [3.63, 3.8) is 0 Å². The van der Waals surface area contributed by atoms with Gasteiger partial charge in [-0.25, -0.2) is 0 Å². The van der Waals surface area contributed by atoms with E-state index in [1.54, 1.807) is 18.5 Å². The molecule has 1 rings (SSSR count). The van der Waals surface area contributed by atoms with E-state index in [0.717, 1.165) is 5.57 Å². The molecule has 0 saturated carbocycles. The van der Waals surface area contributed by atoms with Gasteiger partial charge in [-0.1, -0.05) is 0 Å². The average molecular weight is 132 g/mol. The van der Waals surface area contributed by atoms with Crippen molar-refractivity contribution < 1.29 is 0 Å². The summed E-state index contributed by atoms with van der Waals surface area (Å²) in [5, 5.41) is 11.5. The Morgan fingerprint density at radius 2 is 2.40 bits per heavy atom. The van der Waals surface area contributed by atoms with Crippen LogP contribution in [0.3, 0.4) is 0 Å². The number of nitrogens with zero attached hydrogens (tertiary/aromatic N) is 1. The van der Waals surface area contributed by atoms with Crippen molar-refractivity contribution in [2.75, 3.05) is 0 Å². The molecular weight excluding hydrogens is 124 g/mol. The first-order chi connectivity index (χ1) is 4.84. The number of nitriles is 1. The number of allylic oxidation sites excluding steroid dienone is 4. The summed E-state index contributed by atoms with van der Waals surface area (Å²) < 4.78 is 0. The summed E-state index contributed by atoms with van der Waals surface area (Å²) in [6.45, 7) is 1.90. The minimum Gasteiger partial charge on any atom is -0.367 e. The van der Waals surface area contributed by atoms with Gasteiger partial charge in [-0.05, 0) is 24.6 Å². The molecule has 0 spiro atoms. The van der Waals surface area contributed by atoms with Crippen LogP contribution in [-0.2, 0) is 0 Å². The average Bonchev–Trinajstić information content (AvgIpc) is 2.13. The molecule has 0 saturated heterocycles. The smallest absolute Gasteiger partial charge is 0.0994 e. The highest BCUT2D eigenvalue weighted by Crippen LogP contribution is 2.08. The molecule has 2 heteroatoms. The third kappa shape index (κ3) is 1.26. The fourth-order valence-electron chi connectivity index (χ4n) is 0.708. The lowest BCUT2D eigenvalue weighted by Gasteiger charge is -1.92. The molecule has 0 unspecified atom stereocenters. The van der Waals surface area contributed by atoms with Crippen molar-refractivity contribution >= 4 is 0 Å². The first-order valence-corrected chi connectivity index (χ1v) is 3.04. The molecule has 0 atom stereocenters. The fraction of sp³-hybridized carbons (Fsp3) is 0.125. The van der Waals surface area contributed by atoms with E-state index in [0.29, 0.717) is 5.57 Å². The van der Waals surface area contributed by atoms with Gasteiger partial charge in [-0.15, -0.1) is 0 Å². The molecule has 0 aromatic rings. The maximum atomic E-state index is 8.57. The summed E-state index contributed by atoms with van der Waals surface area (Å²) in [5.41, 5.74) is 1.67. The minimum absolute atomic E-state index is 0.709. The van der Waals surface area contributed by atoms with Crippen LogP contribution in [0, 0.1) is 11.3 Å². The Bertz CT molecular complexity index is 251. The van der Waals surface area contributed by atoms with E-state index in [1.807, 2.05) is 13.0 Å². The summed E-state index contributed by atoms with van der Waals surface area (Å²) >= 11 is 0. The Hall–Kier alpha value is -1.49. The van der Waals surface area contributed by atoms with E-state index >= 15 is 0 Å². The first-order valence-electron chi connectivity index (χ1n) is 3.04. The van der Waals surface area contributed by atoms with E-state index in [2.05, 4.69) is 11.4 Å². The highest BCUT2D eigenvalue weighted by atomic mass is 14.8. The molecule has 0 fully saturated rings. The Morgan fingerprint density at radius 3 is 3.10 bits per heavy atom. The summed E-state index contributed by atoms with van der Waals surface area (Å²) in [5.74, 6) is 0. The van der Waals surface area contributed by atoms with Crippen LogP contribution in [-0.4, -0.2) is 0 Å². The molecule has 0 amide bonds. The molecule has 50 valence electrons. The molecular formula is C8H8N2. The van der Waals surface area contributed by atoms with E-state index in [1.165, 1.54) is 0 Å². The Balaban J connectivity index is 2.96. The lowest BCUT2D eigenvalue weighted by atomic mass is 10.1. The van der Waals surface area contributed by atoms with Crippen LogP contribution in [0.25, 0.3) is 0 Å². The predicted octanol–water partition coefficient (Wildman–Crippen LogP) is 1.46. The standard InChI is InChI=1S/C8H8N2/c1-7-6-10-4-2-3-8(7)5-9/h2-4,6,10H,1H3. The second-order valence-corrected chi connectivity index (χ2v) is 2.05. The summed E-state index contributed by atoms with van der Waals surface area (Å²) in [6, 6.07) is 2.10. The predicted molar refractivity (Wildman–Crippen MR) is 39.7 cm³/mol. The first kappa shape index (κ1) is 6.63. The fourth-order valence-corrected chi connectivity index (χ4v) is 0.708. The number of nitrogens with one attached hydrogen (secondary N) is 1. The molecule has 1 N–H and O–H groups in total. The second kappa shape index (κ2) is 2.88. The molecule has 2 nitrogen and oxygen atoms in total. The van der Waals surface area contributed by atoms with Gasteiger partial charge in [0.25, 0.3) is 0 Å². The van der Waals surface area contributed by atoms with Crippen LogP contribution < -0.4 is 5.32 Å². The third-order valence-corrected chi connectivity index (χ3v) is 1.30. The largest absolute Gasteiger partial charge is 0.367 e. The van der Waals surface area contributed by atoms with Gasteiger partial charge in [0.05, 0.1) is 11.6 Å². The summed E-state index contributed by atoms with van der Waals surface area (Å²) in [7, 11) is 0. The van der Waals surface area contributed by atoms with Crippen molar-refractivity contribution in [1.29, 1.82) is 5.26 Å². The lowest BCUT2D eigenvalue weighted by Crippen LogP contribution is -1.91. The molecule has 1 heterocycles. The Morgan fingerprint density at radius 1 is 1.60 bits per heavy atom. The van der Waals surface area contributed by atoms with E-state index in [9.17, 15) is 0 Å². The van der Waals surface area contributed by atoms with Crippen LogP contribution in [0.2, 0.25) is 0 Å². The number of hydrogen-bond donors (Lipinski definition) is 1.